The average molecular weight is 473 g/mol. The zero-order valence-corrected chi connectivity index (χ0v) is 17.8. The van der Waals surface area contributed by atoms with Crippen LogP contribution in [0.2, 0.25) is 5.02 Å². The van der Waals surface area contributed by atoms with Gasteiger partial charge < -0.3 is 15.3 Å². The predicted molar refractivity (Wildman–Crippen MR) is 113 cm³/mol. The molecule has 8 heteroatoms. The van der Waals surface area contributed by atoms with Crippen LogP contribution in [-0.2, 0) is 0 Å². The highest BCUT2D eigenvalue weighted by molar-refractivity contribution is 9.10. The minimum absolute atomic E-state index is 0.0687. The van der Waals surface area contributed by atoms with Crippen molar-refractivity contribution in [2.24, 2.45) is 0 Å². The Morgan fingerprint density at radius 2 is 2.15 bits per heavy atom. The molecule has 1 aliphatic heterocycles. The molecule has 1 aliphatic rings. The van der Waals surface area contributed by atoms with Crippen LogP contribution < -0.4 is 10.0 Å². The molecule has 0 amide bonds. The van der Waals surface area contributed by atoms with E-state index >= 15 is 0 Å². The predicted octanol–water partition coefficient (Wildman–Crippen LogP) is 4.75. The van der Waals surface area contributed by atoms with Crippen molar-refractivity contribution >= 4 is 45.2 Å². The van der Waals surface area contributed by atoms with E-state index in [1.54, 1.807) is 6.07 Å². The van der Waals surface area contributed by atoms with Gasteiger partial charge in [0.2, 0.25) is 0 Å². The number of rotatable bonds is 7. The molecule has 1 heterocycles. The Kier molecular flexibility index (Phi) is 7.05. The smallest absolute Gasteiger partial charge is 0.138 e. The number of benzene rings is 2. The monoisotopic (exact) mass is 471 g/mol. The van der Waals surface area contributed by atoms with Gasteiger partial charge in [0.1, 0.15) is 12.0 Å². The topological polar surface area (TPSA) is 47.5 Å². The maximum atomic E-state index is 13.9. The van der Waals surface area contributed by atoms with Crippen molar-refractivity contribution in [3.8, 4) is 0 Å². The summed E-state index contributed by atoms with van der Waals surface area (Å²) < 4.78 is 17.5. The SMILES string of the molecule is CN1C=C(c2ccc(Br)c(F)c2)NC1c1ccc(Cl)c(SNCCCO)c1. The van der Waals surface area contributed by atoms with E-state index in [4.69, 9.17) is 16.7 Å². The highest BCUT2D eigenvalue weighted by atomic mass is 79.9. The number of halogens is 3. The van der Waals surface area contributed by atoms with Crippen LogP contribution in [-0.4, -0.2) is 30.2 Å². The van der Waals surface area contributed by atoms with E-state index < -0.39 is 0 Å². The molecular weight excluding hydrogens is 453 g/mol. The van der Waals surface area contributed by atoms with Crippen LogP contribution in [0.3, 0.4) is 0 Å². The van der Waals surface area contributed by atoms with Crippen LogP contribution in [0.15, 0.2) is 52.0 Å². The third-order valence-electron chi connectivity index (χ3n) is 4.15. The van der Waals surface area contributed by atoms with E-state index in [2.05, 4.69) is 26.0 Å². The summed E-state index contributed by atoms with van der Waals surface area (Å²) in [5, 5.41) is 13.0. The second-order valence-corrected chi connectivity index (χ2v) is 8.34. The lowest BCUT2D eigenvalue weighted by atomic mass is 10.1. The molecule has 27 heavy (non-hydrogen) atoms. The lowest BCUT2D eigenvalue weighted by molar-refractivity contribution is 0.290. The second kappa shape index (κ2) is 9.30. The van der Waals surface area contributed by atoms with Gasteiger partial charge in [-0.05, 0) is 64.1 Å². The molecule has 2 aromatic rings. The van der Waals surface area contributed by atoms with E-state index in [9.17, 15) is 4.39 Å². The summed E-state index contributed by atoms with van der Waals surface area (Å²) in [5.74, 6) is -0.291. The van der Waals surface area contributed by atoms with Gasteiger partial charge >= 0.3 is 0 Å². The fraction of sp³-hybridized carbons (Fsp3) is 0.263. The Bertz CT molecular complexity index is 852. The first kappa shape index (κ1) is 20.5. The molecule has 0 spiro atoms. The summed E-state index contributed by atoms with van der Waals surface area (Å²) in [5.41, 5.74) is 2.70. The van der Waals surface area contributed by atoms with Crippen molar-refractivity contribution in [1.29, 1.82) is 0 Å². The minimum Gasteiger partial charge on any atom is -0.396 e. The summed E-state index contributed by atoms with van der Waals surface area (Å²) >= 11 is 10.9. The third-order valence-corrected chi connectivity index (χ3v) is 6.14. The molecule has 0 aromatic heterocycles. The summed E-state index contributed by atoms with van der Waals surface area (Å²) in [4.78, 5) is 2.97. The van der Waals surface area contributed by atoms with Crippen molar-refractivity contribution < 1.29 is 9.50 Å². The van der Waals surface area contributed by atoms with Crippen LogP contribution in [0.4, 0.5) is 4.39 Å². The Morgan fingerprint density at radius 1 is 1.33 bits per heavy atom. The van der Waals surface area contributed by atoms with Crippen molar-refractivity contribution in [2.45, 2.75) is 17.5 Å². The molecule has 4 nitrogen and oxygen atoms in total. The average Bonchev–Trinajstić information content (AvgIpc) is 3.04. The maximum Gasteiger partial charge on any atom is 0.138 e. The standard InChI is InChI=1S/C19H20BrClFN3OS/c1-25-11-17(12-3-5-14(20)16(22)9-12)24-19(25)13-4-6-15(21)18(10-13)27-23-7-2-8-26/h3-6,9-11,19,23-24,26H,2,7-8H2,1H3. The van der Waals surface area contributed by atoms with Gasteiger partial charge in [-0.25, -0.2) is 4.39 Å². The highest BCUT2D eigenvalue weighted by Crippen LogP contribution is 2.33. The number of hydrogen-bond donors (Lipinski definition) is 3. The van der Waals surface area contributed by atoms with Crippen molar-refractivity contribution in [1.82, 2.24) is 14.9 Å². The Morgan fingerprint density at radius 3 is 2.89 bits per heavy atom. The number of aliphatic hydroxyl groups excluding tert-OH is 1. The molecule has 2 aromatic carbocycles. The molecule has 3 rings (SSSR count). The van der Waals surface area contributed by atoms with E-state index in [1.165, 1.54) is 18.0 Å². The summed E-state index contributed by atoms with van der Waals surface area (Å²) in [6.07, 6.45) is 2.59. The fourth-order valence-electron chi connectivity index (χ4n) is 2.75. The molecule has 0 fully saturated rings. The van der Waals surface area contributed by atoms with E-state index in [-0.39, 0.29) is 18.6 Å². The number of nitrogens with one attached hydrogen (secondary N) is 2. The van der Waals surface area contributed by atoms with Gasteiger partial charge in [-0.3, -0.25) is 4.72 Å². The normalized spacial score (nSPS) is 16.4. The molecule has 1 unspecified atom stereocenters. The highest BCUT2D eigenvalue weighted by Gasteiger charge is 2.24. The molecular formula is C19H20BrClFN3OS. The summed E-state index contributed by atoms with van der Waals surface area (Å²) in [6, 6.07) is 11.0. The molecule has 0 aliphatic carbocycles. The summed E-state index contributed by atoms with van der Waals surface area (Å²) in [6.45, 7) is 0.855. The van der Waals surface area contributed by atoms with Crippen molar-refractivity contribution in [2.75, 3.05) is 20.2 Å². The Hall–Kier alpha value is -1.25. The lowest BCUT2D eigenvalue weighted by Crippen LogP contribution is -2.24. The number of hydrogen-bond acceptors (Lipinski definition) is 5. The van der Waals surface area contributed by atoms with Gasteiger partial charge in [0.25, 0.3) is 0 Å². The van der Waals surface area contributed by atoms with E-state index in [1.807, 2.05) is 42.4 Å². The van der Waals surface area contributed by atoms with Crippen LogP contribution in [0.5, 0.6) is 0 Å². The molecule has 0 saturated carbocycles. The largest absolute Gasteiger partial charge is 0.396 e. The first-order chi connectivity index (χ1) is 13.0. The molecule has 3 N–H and O–H groups in total. The van der Waals surface area contributed by atoms with Crippen molar-refractivity contribution in [3.63, 3.8) is 0 Å². The Labute approximate surface area is 176 Å². The molecule has 0 saturated heterocycles. The van der Waals surface area contributed by atoms with Crippen LogP contribution in [0, 0.1) is 5.82 Å². The van der Waals surface area contributed by atoms with E-state index in [0.29, 0.717) is 22.5 Å². The first-order valence-electron chi connectivity index (χ1n) is 8.45. The lowest BCUT2D eigenvalue weighted by Gasteiger charge is -2.22. The Balaban J connectivity index is 1.74. The van der Waals surface area contributed by atoms with Gasteiger partial charge in [-0.2, -0.15) is 0 Å². The van der Waals surface area contributed by atoms with Gasteiger partial charge in [0, 0.05) is 36.9 Å². The first-order valence-corrected chi connectivity index (χ1v) is 10.4. The number of aliphatic hydroxyl groups is 1. The van der Waals surface area contributed by atoms with E-state index in [0.717, 1.165) is 21.7 Å². The molecule has 0 radical (unpaired) electrons. The van der Waals surface area contributed by atoms with Crippen molar-refractivity contribution in [3.05, 3.63) is 69.0 Å². The summed E-state index contributed by atoms with van der Waals surface area (Å²) in [7, 11) is 1.97. The van der Waals surface area contributed by atoms with Crippen LogP contribution >= 0.6 is 39.5 Å². The molecule has 144 valence electrons. The van der Waals surface area contributed by atoms with Gasteiger partial charge in [-0.1, -0.05) is 23.7 Å². The molecule has 0 bridgehead atoms. The van der Waals surface area contributed by atoms with Crippen LogP contribution in [0.1, 0.15) is 23.7 Å². The zero-order chi connectivity index (χ0) is 19.4. The second-order valence-electron chi connectivity index (χ2n) is 6.15. The quantitative estimate of drug-likeness (QED) is 0.401. The molecule has 1 atom stereocenters. The third kappa shape index (κ3) is 4.97. The zero-order valence-electron chi connectivity index (χ0n) is 14.7. The van der Waals surface area contributed by atoms with Gasteiger partial charge in [-0.15, -0.1) is 0 Å². The maximum absolute atomic E-state index is 13.9. The van der Waals surface area contributed by atoms with Crippen LogP contribution in [0.25, 0.3) is 5.70 Å². The minimum atomic E-state index is -0.291. The fourth-order valence-corrected chi connectivity index (χ4v) is 4.00. The number of nitrogens with zero attached hydrogens (tertiary/aromatic N) is 1. The van der Waals surface area contributed by atoms with Gasteiger partial charge in [0.15, 0.2) is 0 Å². The van der Waals surface area contributed by atoms with Gasteiger partial charge in [0.05, 0.1) is 15.2 Å².